The highest BCUT2D eigenvalue weighted by atomic mass is 16.5. The molecule has 2 N–H and O–H groups in total. The molecule has 0 aliphatic carbocycles. The molecule has 0 atom stereocenters. The number of ether oxygens (including phenoxy) is 1. The van der Waals surface area contributed by atoms with Gasteiger partial charge in [-0.25, -0.2) is 0 Å². The van der Waals surface area contributed by atoms with Gasteiger partial charge in [-0.05, 0) is 31.2 Å². The first-order valence-electron chi connectivity index (χ1n) is 5.83. The lowest BCUT2D eigenvalue weighted by Gasteiger charge is -2.07. The molecule has 0 fully saturated rings. The summed E-state index contributed by atoms with van der Waals surface area (Å²) in [5.41, 5.74) is 1.19. The average molecular weight is 236 g/mol. The lowest BCUT2D eigenvalue weighted by atomic mass is 10.2. The predicted octanol–water partition coefficient (Wildman–Crippen LogP) is 1.31. The van der Waals surface area contributed by atoms with Gasteiger partial charge < -0.3 is 15.4 Å². The lowest BCUT2D eigenvalue weighted by Crippen LogP contribution is -2.18. The summed E-state index contributed by atoms with van der Waals surface area (Å²) >= 11 is 0. The summed E-state index contributed by atoms with van der Waals surface area (Å²) < 4.78 is 5.58. The highest BCUT2D eigenvalue weighted by Gasteiger charge is 1.99. The van der Waals surface area contributed by atoms with Crippen molar-refractivity contribution in [1.82, 2.24) is 10.6 Å². The second-order valence-electron chi connectivity index (χ2n) is 3.80. The van der Waals surface area contributed by atoms with E-state index in [0.29, 0.717) is 13.0 Å². The number of nitrogens with one attached hydrogen (secondary N) is 2. The number of carbonyl (C=O) groups is 1. The minimum Gasteiger partial charge on any atom is -0.494 e. The average Bonchev–Trinajstić information content (AvgIpc) is 2.35. The van der Waals surface area contributed by atoms with Gasteiger partial charge in [0.2, 0.25) is 5.91 Å². The van der Waals surface area contributed by atoms with Crippen LogP contribution in [0.3, 0.4) is 0 Å². The van der Waals surface area contributed by atoms with Crippen LogP contribution in [0.25, 0.3) is 0 Å². The van der Waals surface area contributed by atoms with Gasteiger partial charge in [-0.2, -0.15) is 0 Å². The maximum atomic E-state index is 11.0. The van der Waals surface area contributed by atoms with Crippen molar-refractivity contribution in [2.24, 2.45) is 0 Å². The molecule has 0 bridgehead atoms. The number of benzene rings is 1. The molecule has 1 amide bonds. The van der Waals surface area contributed by atoms with Crippen molar-refractivity contribution in [2.45, 2.75) is 19.4 Å². The summed E-state index contributed by atoms with van der Waals surface area (Å²) in [7, 11) is 3.56. The maximum absolute atomic E-state index is 11.0. The molecule has 17 heavy (non-hydrogen) atoms. The van der Waals surface area contributed by atoms with Crippen molar-refractivity contribution in [1.29, 1.82) is 0 Å². The standard InChI is InChI=1S/C13H20N2O2/c1-14-10-11-5-3-6-12(9-11)17-8-4-7-13(16)15-2/h3,5-6,9,14H,4,7-8,10H2,1-2H3,(H,15,16). The maximum Gasteiger partial charge on any atom is 0.219 e. The molecule has 0 aromatic heterocycles. The van der Waals surface area contributed by atoms with Crippen LogP contribution < -0.4 is 15.4 Å². The Morgan fingerprint density at radius 3 is 2.88 bits per heavy atom. The molecule has 0 aliphatic rings. The Balaban J connectivity index is 2.31. The Kier molecular flexibility index (Phi) is 6.10. The number of carbonyl (C=O) groups excluding carboxylic acids is 1. The molecule has 0 unspecified atom stereocenters. The van der Waals surface area contributed by atoms with Crippen molar-refractivity contribution in [3.05, 3.63) is 29.8 Å². The molecule has 0 heterocycles. The third kappa shape index (κ3) is 5.36. The lowest BCUT2D eigenvalue weighted by molar-refractivity contribution is -0.120. The minimum atomic E-state index is 0.0533. The van der Waals surface area contributed by atoms with Gasteiger partial charge in [0.25, 0.3) is 0 Å². The summed E-state index contributed by atoms with van der Waals surface area (Å²) in [5.74, 6) is 0.909. The molecule has 1 aromatic rings. The zero-order valence-electron chi connectivity index (χ0n) is 10.5. The SMILES string of the molecule is CNCc1cccc(OCCCC(=O)NC)c1. The zero-order valence-corrected chi connectivity index (χ0v) is 10.5. The van der Waals surface area contributed by atoms with E-state index in [1.165, 1.54) is 5.56 Å². The van der Waals surface area contributed by atoms with Crippen LogP contribution >= 0.6 is 0 Å². The molecule has 0 spiro atoms. The highest BCUT2D eigenvalue weighted by Crippen LogP contribution is 2.13. The summed E-state index contributed by atoms with van der Waals surface area (Å²) in [5, 5.41) is 5.68. The van der Waals surface area contributed by atoms with Crippen LogP contribution in [0.15, 0.2) is 24.3 Å². The Hall–Kier alpha value is -1.55. The Bertz CT molecular complexity index is 353. The van der Waals surface area contributed by atoms with E-state index in [-0.39, 0.29) is 5.91 Å². The molecule has 1 rings (SSSR count). The second kappa shape index (κ2) is 7.68. The first-order valence-corrected chi connectivity index (χ1v) is 5.83. The van der Waals surface area contributed by atoms with Gasteiger partial charge >= 0.3 is 0 Å². The summed E-state index contributed by atoms with van der Waals surface area (Å²) in [6.07, 6.45) is 1.24. The van der Waals surface area contributed by atoms with Crippen LogP contribution in [0, 0.1) is 0 Å². The molecule has 4 heteroatoms. The highest BCUT2D eigenvalue weighted by molar-refractivity contribution is 5.75. The summed E-state index contributed by atoms with van der Waals surface area (Å²) in [6.45, 7) is 1.39. The van der Waals surface area contributed by atoms with E-state index in [2.05, 4.69) is 10.6 Å². The van der Waals surface area contributed by atoms with Crippen LogP contribution in [0.2, 0.25) is 0 Å². The van der Waals surface area contributed by atoms with Gasteiger partial charge in [-0.3, -0.25) is 4.79 Å². The van der Waals surface area contributed by atoms with E-state index in [9.17, 15) is 4.79 Å². The molecular weight excluding hydrogens is 216 g/mol. The van der Waals surface area contributed by atoms with Crippen molar-refractivity contribution >= 4 is 5.91 Å². The van der Waals surface area contributed by atoms with Crippen LogP contribution in [0.5, 0.6) is 5.75 Å². The second-order valence-corrected chi connectivity index (χ2v) is 3.80. The molecule has 4 nitrogen and oxygen atoms in total. The van der Waals surface area contributed by atoms with Gasteiger partial charge in [0, 0.05) is 20.0 Å². The molecule has 0 saturated carbocycles. The van der Waals surface area contributed by atoms with Crippen molar-refractivity contribution in [3.8, 4) is 5.75 Å². The first-order chi connectivity index (χ1) is 8.26. The van der Waals surface area contributed by atoms with E-state index in [0.717, 1.165) is 18.7 Å². The number of rotatable bonds is 7. The first kappa shape index (κ1) is 13.5. The monoisotopic (exact) mass is 236 g/mol. The van der Waals surface area contributed by atoms with E-state index >= 15 is 0 Å². The smallest absolute Gasteiger partial charge is 0.219 e. The van der Waals surface area contributed by atoms with Crippen molar-refractivity contribution in [2.75, 3.05) is 20.7 Å². The Morgan fingerprint density at radius 1 is 1.35 bits per heavy atom. The van der Waals surface area contributed by atoms with Crippen LogP contribution in [-0.2, 0) is 11.3 Å². The van der Waals surface area contributed by atoms with Gasteiger partial charge in [-0.1, -0.05) is 12.1 Å². The van der Waals surface area contributed by atoms with Gasteiger partial charge in [-0.15, -0.1) is 0 Å². The fourth-order valence-electron chi connectivity index (χ4n) is 1.50. The summed E-state index contributed by atoms with van der Waals surface area (Å²) in [6, 6.07) is 7.96. The molecular formula is C13H20N2O2. The summed E-state index contributed by atoms with van der Waals surface area (Å²) in [4.78, 5) is 11.0. The Morgan fingerprint density at radius 2 is 2.18 bits per heavy atom. The van der Waals surface area contributed by atoms with E-state index in [1.807, 2.05) is 31.3 Å². The fraction of sp³-hybridized carbons (Fsp3) is 0.462. The number of hydrogen-bond acceptors (Lipinski definition) is 3. The third-order valence-electron chi connectivity index (χ3n) is 2.38. The van der Waals surface area contributed by atoms with E-state index in [1.54, 1.807) is 7.05 Å². The van der Waals surface area contributed by atoms with E-state index < -0.39 is 0 Å². The number of hydrogen-bond donors (Lipinski definition) is 2. The van der Waals surface area contributed by atoms with E-state index in [4.69, 9.17) is 4.74 Å². The largest absolute Gasteiger partial charge is 0.494 e. The van der Waals surface area contributed by atoms with Gasteiger partial charge in [0.1, 0.15) is 5.75 Å². The van der Waals surface area contributed by atoms with Crippen LogP contribution in [-0.4, -0.2) is 26.6 Å². The minimum absolute atomic E-state index is 0.0533. The normalized spacial score (nSPS) is 10.0. The third-order valence-corrected chi connectivity index (χ3v) is 2.38. The molecule has 0 saturated heterocycles. The van der Waals surface area contributed by atoms with Crippen molar-refractivity contribution in [3.63, 3.8) is 0 Å². The number of amides is 1. The molecule has 0 radical (unpaired) electrons. The van der Waals surface area contributed by atoms with Crippen LogP contribution in [0.4, 0.5) is 0 Å². The van der Waals surface area contributed by atoms with Gasteiger partial charge in [0.05, 0.1) is 6.61 Å². The van der Waals surface area contributed by atoms with Crippen LogP contribution in [0.1, 0.15) is 18.4 Å². The predicted molar refractivity (Wildman–Crippen MR) is 68.0 cm³/mol. The molecule has 94 valence electrons. The quantitative estimate of drug-likeness (QED) is 0.702. The molecule has 0 aliphatic heterocycles. The zero-order chi connectivity index (χ0) is 12.5. The van der Waals surface area contributed by atoms with Gasteiger partial charge in [0.15, 0.2) is 0 Å². The van der Waals surface area contributed by atoms with Crippen molar-refractivity contribution < 1.29 is 9.53 Å². The fourth-order valence-corrected chi connectivity index (χ4v) is 1.50. The topological polar surface area (TPSA) is 50.4 Å². The molecule has 1 aromatic carbocycles. The Labute approximate surface area is 102 Å².